The Morgan fingerprint density at radius 2 is 2.06 bits per heavy atom. The number of ketones is 1. The van der Waals surface area contributed by atoms with Crippen molar-refractivity contribution in [2.75, 3.05) is 5.75 Å². The molecule has 1 aromatic heterocycles. The molecule has 6 heteroatoms. The number of hydrogen-bond acceptors (Lipinski definition) is 5. The molecule has 0 bridgehead atoms. The second kappa shape index (κ2) is 5.77. The summed E-state index contributed by atoms with van der Waals surface area (Å²) in [6, 6.07) is 6.11. The zero-order valence-electron chi connectivity index (χ0n) is 9.72. The molecule has 4 nitrogen and oxygen atoms in total. The molecule has 0 atom stereocenters. The van der Waals surface area contributed by atoms with Gasteiger partial charge in [0.05, 0.1) is 12.2 Å². The molecule has 0 aliphatic heterocycles. The van der Waals surface area contributed by atoms with Crippen molar-refractivity contribution in [3.05, 3.63) is 41.5 Å². The van der Waals surface area contributed by atoms with Gasteiger partial charge in [0.2, 0.25) is 5.89 Å². The molecular formula is C12H11FN2O2S. The third kappa shape index (κ3) is 3.66. The topological polar surface area (TPSA) is 56.0 Å². The van der Waals surface area contributed by atoms with Gasteiger partial charge in [-0.1, -0.05) is 23.9 Å². The van der Waals surface area contributed by atoms with E-state index in [2.05, 4.69) is 10.2 Å². The summed E-state index contributed by atoms with van der Waals surface area (Å²) in [6.07, 6.45) is 0.452. The van der Waals surface area contributed by atoms with Gasteiger partial charge in [-0.3, -0.25) is 4.79 Å². The highest BCUT2D eigenvalue weighted by Crippen LogP contribution is 2.17. The first-order valence-electron chi connectivity index (χ1n) is 5.32. The highest BCUT2D eigenvalue weighted by Gasteiger charge is 2.08. The smallest absolute Gasteiger partial charge is 0.277 e. The summed E-state index contributed by atoms with van der Waals surface area (Å²) in [5.41, 5.74) is 0.892. The summed E-state index contributed by atoms with van der Waals surface area (Å²) < 4.78 is 18.1. The van der Waals surface area contributed by atoms with E-state index in [1.165, 1.54) is 30.8 Å². The lowest BCUT2D eigenvalue weighted by molar-refractivity contribution is -0.114. The fraction of sp³-hybridized carbons (Fsp3) is 0.250. The van der Waals surface area contributed by atoms with Crippen molar-refractivity contribution in [2.45, 2.75) is 18.6 Å². The Morgan fingerprint density at radius 3 is 2.72 bits per heavy atom. The first-order valence-corrected chi connectivity index (χ1v) is 6.31. The first-order chi connectivity index (χ1) is 8.63. The van der Waals surface area contributed by atoms with Crippen LogP contribution in [-0.4, -0.2) is 21.7 Å². The molecule has 0 radical (unpaired) electrons. The molecule has 0 N–H and O–H groups in total. The number of benzene rings is 1. The van der Waals surface area contributed by atoms with Gasteiger partial charge >= 0.3 is 0 Å². The molecule has 0 amide bonds. The van der Waals surface area contributed by atoms with Gasteiger partial charge < -0.3 is 4.42 Å². The SMILES string of the molecule is CC(=O)CSc1nnc(Cc2ccc(F)cc2)o1. The predicted molar refractivity (Wildman–Crippen MR) is 64.9 cm³/mol. The van der Waals surface area contributed by atoms with Gasteiger partial charge in [0, 0.05) is 0 Å². The van der Waals surface area contributed by atoms with Crippen molar-refractivity contribution < 1.29 is 13.6 Å². The molecule has 94 valence electrons. The number of thioether (sulfide) groups is 1. The van der Waals surface area contributed by atoms with E-state index in [9.17, 15) is 9.18 Å². The van der Waals surface area contributed by atoms with Gasteiger partial charge in [0.25, 0.3) is 5.22 Å². The number of carbonyl (C=O) groups excluding carboxylic acids is 1. The van der Waals surface area contributed by atoms with E-state index in [0.717, 1.165) is 5.56 Å². The number of hydrogen-bond donors (Lipinski definition) is 0. The second-order valence-electron chi connectivity index (χ2n) is 3.76. The van der Waals surface area contributed by atoms with Crippen molar-refractivity contribution in [3.63, 3.8) is 0 Å². The average molecular weight is 266 g/mol. The highest BCUT2D eigenvalue weighted by molar-refractivity contribution is 7.99. The summed E-state index contributed by atoms with van der Waals surface area (Å²) in [6.45, 7) is 1.50. The molecule has 0 aliphatic carbocycles. The number of rotatable bonds is 5. The predicted octanol–water partition coefficient (Wildman–Crippen LogP) is 2.48. The molecule has 0 saturated heterocycles. The molecule has 0 unspecified atom stereocenters. The maximum atomic E-state index is 12.7. The number of aromatic nitrogens is 2. The Hall–Kier alpha value is -1.69. The molecule has 18 heavy (non-hydrogen) atoms. The van der Waals surface area contributed by atoms with Gasteiger partial charge in [-0.05, 0) is 24.6 Å². The van der Waals surface area contributed by atoms with E-state index >= 15 is 0 Å². The quantitative estimate of drug-likeness (QED) is 0.778. The Balaban J connectivity index is 1.97. The van der Waals surface area contributed by atoms with Crippen LogP contribution in [0.3, 0.4) is 0 Å². The number of Topliss-reactive ketones (excluding diaryl/α,β-unsaturated/α-hetero) is 1. The van der Waals surface area contributed by atoms with E-state index in [1.807, 2.05) is 0 Å². The van der Waals surface area contributed by atoms with Crippen LogP contribution in [-0.2, 0) is 11.2 Å². The maximum Gasteiger partial charge on any atom is 0.277 e. The van der Waals surface area contributed by atoms with Crippen LogP contribution in [0.1, 0.15) is 18.4 Å². The molecule has 2 aromatic rings. The third-order valence-electron chi connectivity index (χ3n) is 2.12. The molecular weight excluding hydrogens is 255 g/mol. The number of halogens is 1. The standard InChI is InChI=1S/C12H11FN2O2S/c1-8(16)7-18-12-15-14-11(17-12)6-9-2-4-10(13)5-3-9/h2-5H,6-7H2,1H3. The van der Waals surface area contributed by atoms with Crippen molar-refractivity contribution in [1.29, 1.82) is 0 Å². The summed E-state index contributed by atoms with van der Waals surface area (Å²) >= 11 is 1.21. The first kappa shape index (κ1) is 12.8. The van der Waals surface area contributed by atoms with Crippen molar-refractivity contribution in [2.24, 2.45) is 0 Å². The monoisotopic (exact) mass is 266 g/mol. The Bertz CT molecular complexity index is 539. The lowest BCUT2D eigenvalue weighted by Crippen LogP contribution is -1.92. The molecule has 2 rings (SSSR count). The zero-order chi connectivity index (χ0) is 13.0. The minimum Gasteiger partial charge on any atom is -0.416 e. The van der Waals surface area contributed by atoms with Gasteiger partial charge in [-0.25, -0.2) is 4.39 Å². The van der Waals surface area contributed by atoms with Crippen molar-refractivity contribution in [1.82, 2.24) is 10.2 Å². The van der Waals surface area contributed by atoms with Crippen LogP contribution in [0.4, 0.5) is 4.39 Å². The lowest BCUT2D eigenvalue weighted by atomic mass is 10.1. The van der Waals surface area contributed by atoms with Crippen molar-refractivity contribution >= 4 is 17.5 Å². The molecule has 1 heterocycles. The van der Waals surface area contributed by atoms with Crippen LogP contribution in [0.15, 0.2) is 33.9 Å². The van der Waals surface area contributed by atoms with Crippen LogP contribution < -0.4 is 0 Å². The third-order valence-corrected chi connectivity index (χ3v) is 3.08. The summed E-state index contributed by atoms with van der Waals surface area (Å²) in [7, 11) is 0. The normalized spacial score (nSPS) is 10.6. The van der Waals surface area contributed by atoms with Crippen LogP contribution in [0.5, 0.6) is 0 Å². The van der Waals surface area contributed by atoms with E-state index < -0.39 is 0 Å². The molecule has 0 saturated carbocycles. The van der Waals surface area contributed by atoms with Crippen LogP contribution in [0, 0.1) is 5.82 Å². The van der Waals surface area contributed by atoms with Gasteiger partial charge in [0.15, 0.2) is 0 Å². The Morgan fingerprint density at radius 1 is 1.33 bits per heavy atom. The second-order valence-corrected chi connectivity index (χ2v) is 4.68. The lowest BCUT2D eigenvalue weighted by Gasteiger charge is -1.96. The number of nitrogens with zero attached hydrogens (tertiary/aromatic N) is 2. The van der Waals surface area contributed by atoms with Crippen molar-refractivity contribution in [3.8, 4) is 0 Å². The molecule has 0 spiro atoms. The summed E-state index contributed by atoms with van der Waals surface area (Å²) in [4.78, 5) is 10.8. The van der Waals surface area contributed by atoms with E-state index in [4.69, 9.17) is 4.42 Å². The summed E-state index contributed by atoms with van der Waals surface area (Å²) in [5, 5.41) is 8.07. The van der Waals surface area contributed by atoms with E-state index in [0.29, 0.717) is 23.3 Å². The van der Waals surface area contributed by atoms with Gasteiger partial charge in [-0.2, -0.15) is 0 Å². The minimum atomic E-state index is -0.276. The minimum absolute atomic E-state index is 0.0540. The fourth-order valence-corrected chi connectivity index (χ4v) is 1.89. The molecule has 0 fully saturated rings. The van der Waals surface area contributed by atoms with Gasteiger partial charge in [0.1, 0.15) is 11.6 Å². The van der Waals surface area contributed by atoms with Crippen LogP contribution in [0.2, 0.25) is 0 Å². The Labute approximate surface area is 108 Å². The van der Waals surface area contributed by atoms with Gasteiger partial charge in [-0.15, -0.1) is 10.2 Å². The summed E-state index contributed by atoms with van der Waals surface area (Å²) in [5.74, 6) is 0.547. The average Bonchev–Trinajstić information content (AvgIpc) is 2.77. The molecule has 1 aromatic carbocycles. The maximum absolute atomic E-state index is 12.7. The molecule has 0 aliphatic rings. The van der Waals surface area contributed by atoms with E-state index in [-0.39, 0.29) is 11.6 Å². The van der Waals surface area contributed by atoms with Crippen LogP contribution >= 0.6 is 11.8 Å². The number of carbonyl (C=O) groups is 1. The zero-order valence-corrected chi connectivity index (χ0v) is 10.5. The highest BCUT2D eigenvalue weighted by atomic mass is 32.2. The largest absolute Gasteiger partial charge is 0.416 e. The fourth-order valence-electron chi connectivity index (χ4n) is 1.31. The van der Waals surface area contributed by atoms with Crippen LogP contribution in [0.25, 0.3) is 0 Å². The van der Waals surface area contributed by atoms with E-state index in [1.54, 1.807) is 12.1 Å². The Kier molecular flexibility index (Phi) is 4.09.